The van der Waals surface area contributed by atoms with Crippen molar-refractivity contribution in [1.29, 1.82) is 0 Å². The van der Waals surface area contributed by atoms with Gasteiger partial charge in [0.25, 0.3) is 0 Å². The molecule has 3 nitrogen and oxygen atoms in total. The van der Waals surface area contributed by atoms with Crippen molar-refractivity contribution in [3.8, 4) is 0 Å². The molecule has 0 saturated heterocycles. The first-order valence-corrected chi connectivity index (χ1v) is 7.40. The number of pyridine rings is 1. The van der Waals surface area contributed by atoms with E-state index in [0.717, 1.165) is 27.6 Å². The highest BCUT2D eigenvalue weighted by Crippen LogP contribution is 2.27. The Labute approximate surface area is 129 Å². The van der Waals surface area contributed by atoms with E-state index in [0.29, 0.717) is 6.54 Å². The van der Waals surface area contributed by atoms with Gasteiger partial charge in [0, 0.05) is 16.6 Å². The third-order valence-electron chi connectivity index (χ3n) is 3.46. The predicted molar refractivity (Wildman–Crippen MR) is 86.8 cm³/mol. The van der Waals surface area contributed by atoms with Crippen LogP contribution in [0.5, 0.6) is 0 Å². The average molecular weight is 300 g/mol. The van der Waals surface area contributed by atoms with Gasteiger partial charge in [0.1, 0.15) is 11.3 Å². The van der Waals surface area contributed by atoms with Crippen molar-refractivity contribution in [2.75, 3.05) is 0 Å². The topological polar surface area (TPSA) is 30.7 Å². The van der Waals surface area contributed by atoms with Crippen LogP contribution in [-0.4, -0.2) is 14.5 Å². The Hall–Kier alpha value is -1.87. The van der Waals surface area contributed by atoms with E-state index in [1.807, 2.05) is 36.4 Å². The lowest BCUT2D eigenvalue weighted by Crippen LogP contribution is -2.19. The third-order valence-corrected chi connectivity index (χ3v) is 3.83. The van der Waals surface area contributed by atoms with Crippen molar-refractivity contribution in [2.24, 2.45) is 0 Å². The second-order valence-corrected chi connectivity index (χ2v) is 6.62. The molecular weight excluding hydrogens is 282 g/mol. The lowest BCUT2D eigenvalue weighted by molar-refractivity contribution is 0.515. The quantitative estimate of drug-likeness (QED) is 0.701. The van der Waals surface area contributed by atoms with Crippen molar-refractivity contribution in [3.05, 3.63) is 59.0 Å². The fourth-order valence-corrected chi connectivity index (χ4v) is 2.67. The normalized spacial score (nSPS) is 12.0. The molecule has 0 saturated carbocycles. The zero-order chi connectivity index (χ0) is 15.0. The van der Waals surface area contributed by atoms with Gasteiger partial charge in [-0.2, -0.15) is 0 Å². The molecule has 3 aromatic rings. The van der Waals surface area contributed by atoms with Gasteiger partial charge in [-0.15, -0.1) is 0 Å². The largest absolute Gasteiger partial charge is 0.308 e. The van der Waals surface area contributed by atoms with Gasteiger partial charge in [-0.05, 0) is 23.8 Å². The second kappa shape index (κ2) is 5.15. The molecule has 21 heavy (non-hydrogen) atoms. The summed E-state index contributed by atoms with van der Waals surface area (Å²) < 4.78 is 2.16. The minimum Gasteiger partial charge on any atom is -0.308 e. The highest BCUT2D eigenvalue weighted by atomic mass is 35.5. The number of benzene rings is 1. The summed E-state index contributed by atoms with van der Waals surface area (Å²) in [6, 6.07) is 11.8. The fraction of sp³-hybridized carbons (Fsp3) is 0.294. The zero-order valence-corrected chi connectivity index (χ0v) is 13.2. The van der Waals surface area contributed by atoms with Gasteiger partial charge >= 0.3 is 0 Å². The lowest BCUT2D eigenvalue weighted by atomic mass is 9.95. The molecule has 0 aliphatic rings. The van der Waals surface area contributed by atoms with Gasteiger partial charge in [0.15, 0.2) is 5.65 Å². The average Bonchev–Trinajstić information content (AvgIpc) is 2.80. The van der Waals surface area contributed by atoms with Gasteiger partial charge in [0.05, 0.1) is 6.54 Å². The lowest BCUT2D eigenvalue weighted by Gasteiger charge is -2.20. The van der Waals surface area contributed by atoms with Crippen molar-refractivity contribution in [2.45, 2.75) is 32.7 Å². The minimum absolute atomic E-state index is 0.0536. The van der Waals surface area contributed by atoms with Crippen LogP contribution in [0.2, 0.25) is 5.02 Å². The summed E-state index contributed by atoms with van der Waals surface area (Å²) in [5, 5.41) is 0.773. The number of imidazole rings is 1. The van der Waals surface area contributed by atoms with Crippen LogP contribution in [-0.2, 0) is 12.0 Å². The molecule has 0 radical (unpaired) electrons. The van der Waals surface area contributed by atoms with Gasteiger partial charge in [-0.1, -0.05) is 50.6 Å². The van der Waals surface area contributed by atoms with E-state index < -0.39 is 0 Å². The molecule has 0 unspecified atom stereocenters. The van der Waals surface area contributed by atoms with E-state index in [4.69, 9.17) is 16.6 Å². The number of rotatable bonds is 2. The standard InChI is InChI=1S/C17H18ClN3/c1-17(2,3)16-20-14-9-6-10-19-15(14)21(16)11-12-7-4-5-8-13(12)18/h4-10H,11H2,1-3H3. The molecule has 3 rings (SSSR count). The summed E-state index contributed by atoms with van der Waals surface area (Å²) in [5.41, 5.74) is 2.86. The van der Waals surface area contributed by atoms with Crippen LogP contribution in [0, 0.1) is 0 Å². The minimum atomic E-state index is -0.0536. The molecule has 2 heterocycles. The van der Waals surface area contributed by atoms with Crippen LogP contribution in [0.1, 0.15) is 32.2 Å². The van der Waals surface area contributed by atoms with Gasteiger partial charge in [-0.3, -0.25) is 0 Å². The van der Waals surface area contributed by atoms with Gasteiger partial charge in [-0.25, -0.2) is 9.97 Å². The fourth-order valence-electron chi connectivity index (χ4n) is 2.48. The molecule has 0 spiro atoms. The number of fused-ring (bicyclic) bond motifs is 1. The predicted octanol–water partition coefficient (Wildman–Crippen LogP) is 4.43. The van der Waals surface area contributed by atoms with E-state index in [1.165, 1.54) is 0 Å². The smallest absolute Gasteiger partial charge is 0.160 e. The van der Waals surface area contributed by atoms with Crippen molar-refractivity contribution in [1.82, 2.24) is 14.5 Å². The molecule has 0 bridgehead atoms. The van der Waals surface area contributed by atoms with Crippen molar-refractivity contribution < 1.29 is 0 Å². The molecule has 4 heteroatoms. The Morgan fingerprint density at radius 3 is 2.57 bits per heavy atom. The zero-order valence-electron chi connectivity index (χ0n) is 12.5. The first-order chi connectivity index (χ1) is 9.97. The van der Waals surface area contributed by atoms with Crippen LogP contribution in [0.4, 0.5) is 0 Å². The van der Waals surface area contributed by atoms with Crippen LogP contribution in [0.15, 0.2) is 42.6 Å². The summed E-state index contributed by atoms with van der Waals surface area (Å²) in [4.78, 5) is 9.27. The van der Waals surface area contributed by atoms with Gasteiger partial charge in [0.2, 0.25) is 0 Å². The molecule has 0 fully saturated rings. The Balaban J connectivity index is 2.18. The molecule has 2 aromatic heterocycles. The summed E-state index contributed by atoms with van der Waals surface area (Å²) in [6.45, 7) is 7.17. The van der Waals surface area contributed by atoms with Crippen LogP contribution in [0.25, 0.3) is 11.2 Å². The van der Waals surface area contributed by atoms with E-state index in [2.05, 4.69) is 30.3 Å². The molecule has 1 aromatic carbocycles. The Morgan fingerprint density at radius 2 is 1.86 bits per heavy atom. The van der Waals surface area contributed by atoms with E-state index in [1.54, 1.807) is 6.20 Å². The molecule has 0 N–H and O–H groups in total. The monoisotopic (exact) mass is 299 g/mol. The van der Waals surface area contributed by atoms with Crippen LogP contribution < -0.4 is 0 Å². The van der Waals surface area contributed by atoms with Crippen molar-refractivity contribution >= 4 is 22.8 Å². The Morgan fingerprint density at radius 1 is 1.10 bits per heavy atom. The Kier molecular flexibility index (Phi) is 3.46. The molecule has 0 atom stereocenters. The molecular formula is C17H18ClN3. The maximum absolute atomic E-state index is 6.30. The SMILES string of the molecule is CC(C)(C)c1nc2cccnc2n1Cc1ccccc1Cl. The molecule has 108 valence electrons. The molecule has 0 aliphatic carbocycles. The maximum Gasteiger partial charge on any atom is 0.160 e. The highest BCUT2D eigenvalue weighted by Gasteiger charge is 2.23. The number of hydrogen-bond donors (Lipinski definition) is 0. The van der Waals surface area contributed by atoms with E-state index >= 15 is 0 Å². The first-order valence-electron chi connectivity index (χ1n) is 7.02. The first kappa shape index (κ1) is 14.1. The third kappa shape index (κ3) is 2.66. The highest BCUT2D eigenvalue weighted by molar-refractivity contribution is 6.31. The summed E-state index contributed by atoms with van der Waals surface area (Å²) in [7, 11) is 0. The number of halogens is 1. The summed E-state index contributed by atoms with van der Waals surface area (Å²) >= 11 is 6.30. The second-order valence-electron chi connectivity index (χ2n) is 6.21. The van der Waals surface area contributed by atoms with E-state index in [-0.39, 0.29) is 5.41 Å². The number of nitrogens with zero attached hydrogens (tertiary/aromatic N) is 3. The number of hydrogen-bond acceptors (Lipinski definition) is 2. The summed E-state index contributed by atoms with van der Waals surface area (Å²) in [6.07, 6.45) is 1.81. The molecule has 0 amide bonds. The van der Waals surface area contributed by atoms with E-state index in [9.17, 15) is 0 Å². The van der Waals surface area contributed by atoms with Crippen LogP contribution >= 0.6 is 11.6 Å². The van der Waals surface area contributed by atoms with Gasteiger partial charge < -0.3 is 4.57 Å². The molecule has 0 aliphatic heterocycles. The van der Waals surface area contributed by atoms with Crippen molar-refractivity contribution in [3.63, 3.8) is 0 Å². The maximum atomic E-state index is 6.30. The van der Waals surface area contributed by atoms with Crippen LogP contribution in [0.3, 0.4) is 0 Å². The summed E-state index contributed by atoms with van der Waals surface area (Å²) in [5.74, 6) is 1.02. The Bertz CT molecular complexity index is 784. The number of aromatic nitrogens is 3.